The molecule has 14 nitrogen and oxygen atoms in total. The zero-order valence-corrected chi connectivity index (χ0v) is 36.8. The molecule has 2 unspecified atom stereocenters. The van der Waals surface area contributed by atoms with Crippen LogP contribution in [0.5, 0.6) is 5.75 Å². The first kappa shape index (κ1) is 47.4. The summed E-state index contributed by atoms with van der Waals surface area (Å²) in [5.41, 5.74) is 2.74. The maximum absolute atomic E-state index is 13.1. The summed E-state index contributed by atoms with van der Waals surface area (Å²) in [6, 6.07) is 18.1. The second-order valence-corrected chi connectivity index (χ2v) is 17.0. The van der Waals surface area contributed by atoms with E-state index in [1.165, 1.54) is 11.3 Å². The van der Waals surface area contributed by atoms with Crippen LogP contribution in [0.1, 0.15) is 90.2 Å². The molecule has 2 atom stereocenters. The lowest BCUT2D eigenvalue weighted by molar-refractivity contribution is -0.190. The summed E-state index contributed by atoms with van der Waals surface area (Å²) in [5.74, 6) is 0.256. The van der Waals surface area contributed by atoms with Crippen molar-refractivity contribution in [3.8, 4) is 39.6 Å². The highest BCUT2D eigenvalue weighted by Gasteiger charge is 2.26. The highest BCUT2D eigenvalue weighted by molar-refractivity contribution is 7.13. The maximum Gasteiger partial charge on any atom is 0.407 e. The number of rotatable bonds is 20. The van der Waals surface area contributed by atoms with Crippen LogP contribution in [-0.4, -0.2) is 77.1 Å². The van der Waals surface area contributed by atoms with E-state index in [1.807, 2.05) is 36.6 Å². The van der Waals surface area contributed by atoms with Gasteiger partial charge in [0.15, 0.2) is 0 Å². The minimum Gasteiger partial charge on any atom is -0.490 e. The number of hydrogen-bond donors (Lipinski definition) is 4. The molecule has 2 aromatic heterocycles. The van der Waals surface area contributed by atoms with Crippen LogP contribution >= 0.6 is 22.9 Å². The zero-order chi connectivity index (χ0) is 43.9. The van der Waals surface area contributed by atoms with Gasteiger partial charge in [-0.3, -0.25) is 10.1 Å². The highest BCUT2D eigenvalue weighted by atomic mass is 35.5. The molecule has 0 saturated heterocycles. The molecule has 0 bridgehead atoms. The number of thiazole rings is 1. The number of nitriles is 2. The minimum atomic E-state index is -1.44. The standard InChI is InChI=1S/C44H54ClN7O7S/c1-8-21-48-38-34(26-47)37(33(25-46)35(51-38)20-17-31-27-60-39(50-31)29-11-15-30(45)16-12-29)28-13-18-32(19-14-28)56-23-24-57-40(53)36(52-42(55)59-44(5,6)7)10-9-22-49-41(54)58-43(2,3)4/h11-16,18-19,27,36,42,52,55H,8-10,17,20-24H2,1-7H3,(H,48,51)(H,49,54). The number of pyridine rings is 1. The molecule has 0 spiro atoms. The average Bonchev–Trinajstić information content (AvgIpc) is 3.66. The van der Waals surface area contributed by atoms with Gasteiger partial charge >= 0.3 is 12.1 Å². The summed E-state index contributed by atoms with van der Waals surface area (Å²) in [5, 5.41) is 43.4. The van der Waals surface area contributed by atoms with E-state index in [0.29, 0.717) is 64.8 Å². The van der Waals surface area contributed by atoms with Gasteiger partial charge in [0.2, 0.25) is 6.41 Å². The Kier molecular flexibility index (Phi) is 17.7. The number of carbonyl (C=O) groups is 2. The van der Waals surface area contributed by atoms with Crippen molar-refractivity contribution in [2.45, 2.75) is 104 Å². The third-order valence-corrected chi connectivity index (χ3v) is 9.66. The molecule has 2 heterocycles. The van der Waals surface area contributed by atoms with Crippen LogP contribution in [0.15, 0.2) is 53.9 Å². The minimum absolute atomic E-state index is 0.0206. The molecule has 0 fully saturated rings. The number of aromatic nitrogens is 2. The van der Waals surface area contributed by atoms with E-state index < -0.39 is 35.7 Å². The molecule has 320 valence electrons. The SMILES string of the molecule is CCCNc1nc(CCc2csc(-c3ccc(Cl)cc3)n2)c(C#N)c(-c2ccc(OCCOC(=O)C(CCCNC(=O)OC(C)(C)C)NC(O)OC(C)(C)C)cc2)c1C#N. The fraction of sp³-hybridized carbons (Fsp3) is 0.455. The van der Waals surface area contributed by atoms with Gasteiger partial charge in [0.1, 0.15) is 59.1 Å². The summed E-state index contributed by atoms with van der Waals surface area (Å²) >= 11 is 7.59. The first-order valence-electron chi connectivity index (χ1n) is 19.8. The number of halogens is 1. The average molecular weight is 860 g/mol. The van der Waals surface area contributed by atoms with Crippen molar-refractivity contribution in [1.82, 2.24) is 20.6 Å². The fourth-order valence-electron chi connectivity index (χ4n) is 5.84. The van der Waals surface area contributed by atoms with Crippen LogP contribution in [0.2, 0.25) is 5.02 Å². The van der Waals surface area contributed by atoms with Gasteiger partial charge in [-0.15, -0.1) is 11.3 Å². The van der Waals surface area contributed by atoms with Gasteiger partial charge < -0.3 is 34.7 Å². The molecule has 2 aromatic carbocycles. The van der Waals surface area contributed by atoms with E-state index >= 15 is 0 Å². The van der Waals surface area contributed by atoms with E-state index in [1.54, 1.807) is 65.8 Å². The molecule has 0 aliphatic carbocycles. The summed E-state index contributed by atoms with van der Waals surface area (Å²) < 4.78 is 22.2. The molecular formula is C44H54ClN7O7S. The van der Waals surface area contributed by atoms with Crippen molar-refractivity contribution in [1.29, 1.82) is 10.5 Å². The van der Waals surface area contributed by atoms with E-state index in [0.717, 1.165) is 22.7 Å². The van der Waals surface area contributed by atoms with E-state index in [9.17, 15) is 25.2 Å². The number of esters is 1. The van der Waals surface area contributed by atoms with Crippen LogP contribution in [-0.2, 0) is 31.8 Å². The number of carbonyl (C=O) groups excluding carboxylic acids is 2. The molecule has 4 rings (SSSR count). The summed E-state index contributed by atoms with van der Waals surface area (Å²) in [4.78, 5) is 34.7. The first-order chi connectivity index (χ1) is 28.5. The van der Waals surface area contributed by atoms with Gasteiger partial charge in [0, 0.05) is 34.6 Å². The Hall–Kier alpha value is -5.29. The Morgan fingerprint density at radius 2 is 1.58 bits per heavy atom. The van der Waals surface area contributed by atoms with Crippen molar-refractivity contribution in [3.05, 3.63) is 81.4 Å². The van der Waals surface area contributed by atoms with Gasteiger partial charge in [-0.1, -0.05) is 42.8 Å². The number of hydrogen-bond acceptors (Lipinski definition) is 14. The van der Waals surface area contributed by atoms with Crippen LogP contribution in [0.25, 0.3) is 21.7 Å². The Morgan fingerprint density at radius 1 is 0.900 bits per heavy atom. The third kappa shape index (κ3) is 15.1. The fourth-order valence-corrected chi connectivity index (χ4v) is 6.83. The lowest BCUT2D eigenvalue weighted by atomic mass is 9.93. The second-order valence-electron chi connectivity index (χ2n) is 15.7. The van der Waals surface area contributed by atoms with Gasteiger partial charge in [-0.25, -0.2) is 14.8 Å². The monoisotopic (exact) mass is 859 g/mol. The number of benzene rings is 2. The number of alkyl carbamates (subject to hydrolysis) is 1. The Bertz CT molecular complexity index is 2120. The largest absolute Gasteiger partial charge is 0.490 e. The maximum atomic E-state index is 13.1. The molecule has 1 amide bonds. The lowest BCUT2D eigenvalue weighted by Gasteiger charge is -2.27. The van der Waals surface area contributed by atoms with Crippen LogP contribution < -0.4 is 20.7 Å². The molecule has 0 aliphatic heterocycles. The molecule has 4 aromatic rings. The van der Waals surface area contributed by atoms with Crippen LogP contribution in [0, 0.1) is 22.7 Å². The number of ether oxygens (including phenoxy) is 4. The highest BCUT2D eigenvalue weighted by Crippen LogP contribution is 2.35. The zero-order valence-electron chi connectivity index (χ0n) is 35.2. The van der Waals surface area contributed by atoms with Crippen LogP contribution in [0.4, 0.5) is 10.6 Å². The molecule has 0 saturated carbocycles. The number of aliphatic hydroxyl groups excluding tert-OH is 1. The first-order valence-corrected chi connectivity index (χ1v) is 21.1. The molecule has 4 N–H and O–H groups in total. The summed E-state index contributed by atoms with van der Waals surface area (Å²) in [7, 11) is 0. The predicted octanol–water partition coefficient (Wildman–Crippen LogP) is 8.15. The van der Waals surface area contributed by atoms with Crippen molar-refractivity contribution < 1.29 is 33.6 Å². The lowest BCUT2D eigenvalue weighted by Crippen LogP contribution is -2.48. The molecular weight excluding hydrogens is 806 g/mol. The van der Waals surface area contributed by atoms with Gasteiger partial charge in [0.25, 0.3) is 0 Å². The Labute approximate surface area is 361 Å². The number of aryl methyl sites for hydroxylation is 2. The van der Waals surface area contributed by atoms with Crippen molar-refractivity contribution >= 4 is 40.8 Å². The topological polar surface area (TPSA) is 201 Å². The number of amides is 1. The van der Waals surface area contributed by atoms with E-state index in [2.05, 4.69) is 28.1 Å². The van der Waals surface area contributed by atoms with Crippen LogP contribution in [0.3, 0.4) is 0 Å². The van der Waals surface area contributed by atoms with Crippen molar-refractivity contribution in [2.75, 3.05) is 31.6 Å². The number of anilines is 1. The number of nitrogens with zero attached hydrogens (tertiary/aromatic N) is 4. The number of nitrogens with one attached hydrogen (secondary N) is 3. The normalized spacial score (nSPS) is 12.4. The van der Waals surface area contributed by atoms with Gasteiger partial charge in [0.05, 0.1) is 22.6 Å². The molecule has 16 heteroatoms. The quantitative estimate of drug-likeness (QED) is 0.0377. The predicted molar refractivity (Wildman–Crippen MR) is 232 cm³/mol. The van der Waals surface area contributed by atoms with Gasteiger partial charge in [-0.05, 0) is 103 Å². The third-order valence-electron chi connectivity index (χ3n) is 8.47. The molecule has 0 aliphatic rings. The molecule has 60 heavy (non-hydrogen) atoms. The van der Waals surface area contributed by atoms with E-state index in [4.69, 9.17) is 40.5 Å². The van der Waals surface area contributed by atoms with Crippen molar-refractivity contribution in [3.63, 3.8) is 0 Å². The summed E-state index contributed by atoms with van der Waals surface area (Å²) in [6.07, 6.45) is 0.358. The Morgan fingerprint density at radius 3 is 2.22 bits per heavy atom. The smallest absolute Gasteiger partial charge is 0.407 e. The second kappa shape index (κ2) is 22.4. The summed E-state index contributed by atoms with van der Waals surface area (Å²) in [6.45, 7) is 13.4. The molecule has 0 radical (unpaired) electrons. The van der Waals surface area contributed by atoms with Crippen molar-refractivity contribution in [2.24, 2.45) is 0 Å². The number of aliphatic hydroxyl groups is 1. The van der Waals surface area contributed by atoms with E-state index in [-0.39, 0.29) is 31.7 Å². The van der Waals surface area contributed by atoms with Gasteiger partial charge in [-0.2, -0.15) is 10.5 Å². The Balaban J connectivity index is 1.42.